The average Bonchev–Trinajstić information content (AvgIpc) is 2.70. The van der Waals surface area contributed by atoms with Crippen molar-refractivity contribution in [1.29, 1.82) is 0 Å². The third-order valence-corrected chi connectivity index (χ3v) is 4.15. The molecule has 0 spiro atoms. The van der Waals surface area contributed by atoms with Crippen molar-refractivity contribution < 1.29 is 0 Å². The van der Waals surface area contributed by atoms with Gasteiger partial charge in [0.15, 0.2) is 0 Å². The van der Waals surface area contributed by atoms with E-state index in [9.17, 15) is 0 Å². The summed E-state index contributed by atoms with van der Waals surface area (Å²) in [5.41, 5.74) is 1.24. The van der Waals surface area contributed by atoms with Gasteiger partial charge in [-0.1, -0.05) is 26.2 Å². The Morgan fingerprint density at radius 1 is 1.33 bits per heavy atom. The van der Waals surface area contributed by atoms with E-state index in [0.29, 0.717) is 6.04 Å². The number of hydrogen-bond acceptors (Lipinski definition) is 2. The minimum Gasteiger partial charge on any atom is -0.351 e. The lowest BCUT2D eigenvalue weighted by atomic mass is 9.95. The number of anilines is 1. The van der Waals surface area contributed by atoms with Crippen LogP contribution in [0.1, 0.15) is 71.0 Å². The average molecular weight is 249 g/mol. The third-order valence-electron chi connectivity index (χ3n) is 4.15. The van der Waals surface area contributed by atoms with Crippen molar-refractivity contribution in [3.63, 3.8) is 0 Å². The van der Waals surface area contributed by atoms with Crippen LogP contribution in [0.2, 0.25) is 0 Å². The summed E-state index contributed by atoms with van der Waals surface area (Å²) in [7, 11) is 0. The predicted molar refractivity (Wildman–Crippen MR) is 77.1 cm³/mol. The molecule has 0 radical (unpaired) electrons. The number of nitrogens with zero attached hydrogens (tertiary/aromatic N) is 2. The Bertz CT molecular complexity index is 386. The molecule has 0 aliphatic heterocycles. The van der Waals surface area contributed by atoms with Crippen LogP contribution in [0.4, 0.5) is 5.95 Å². The van der Waals surface area contributed by atoms with Crippen LogP contribution in [0.25, 0.3) is 0 Å². The van der Waals surface area contributed by atoms with Crippen LogP contribution in [-0.2, 0) is 0 Å². The molecule has 0 bridgehead atoms. The Morgan fingerprint density at radius 3 is 2.61 bits per heavy atom. The van der Waals surface area contributed by atoms with Gasteiger partial charge in [0, 0.05) is 17.8 Å². The van der Waals surface area contributed by atoms with Crippen LogP contribution < -0.4 is 5.32 Å². The molecule has 3 nitrogen and oxygen atoms in total. The van der Waals surface area contributed by atoms with Gasteiger partial charge in [-0.25, -0.2) is 4.98 Å². The van der Waals surface area contributed by atoms with E-state index in [-0.39, 0.29) is 5.54 Å². The number of nitrogens with one attached hydrogen (secondary N) is 1. The van der Waals surface area contributed by atoms with Crippen molar-refractivity contribution in [1.82, 2.24) is 9.55 Å². The largest absolute Gasteiger partial charge is 0.351 e. The van der Waals surface area contributed by atoms with Gasteiger partial charge < -0.3 is 9.88 Å². The van der Waals surface area contributed by atoms with Gasteiger partial charge in [-0.3, -0.25) is 0 Å². The maximum absolute atomic E-state index is 4.67. The minimum absolute atomic E-state index is 0.115. The van der Waals surface area contributed by atoms with Gasteiger partial charge in [-0.15, -0.1) is 0 Å². The molecular weight excluding hydrogens is 222 g/mol. The molecule has 1 aromatic heterocycles. The Kier molecular flexibility index (Phi) is 3.98. The van der Waals surface area contributed by atoms with E-state index in [2.05, 4.69) is 48.8 Å². The lowest BCUT2D eigenvalue weighted by Gasteiger charge is -2.29. The van der Waals surface area contributed by atoms with Gasteiger partial charge in [0.05, 0.1) is 5.69 Å². The Labute approximate surface area is 111 Å². The van der Waals surface area contributed by atoms with Gasteiger partial charge >= 0.3 is 0 Å². The van der Waals surface area contributed by atoms with Gasteiger partial charge in [-0.05, 0) is 40.0 Å². The van der Waals surface area contributed by atoms with Crippen molar-refractivity contribution in [2.75, 3.05) is 5.32 Å². The molecule has 1 aromatic rings. The van der Waals surface area contributed by atoms with Crippen molar-refractivity contribution in [2.45, 2.75) is 77.8 Å². The summed E-state index contributed by atoms with van der Waals surface area (Å²) in [6.45, 7) is 8.78. The van der Waals surface area contributed by atoms with Gasteiger partial charge in [0.25, 0.3) is 0 Å². The lowest BCUT2D eigenvalue weighted by Crippen LogP contribution is -2.32. The molecule has 0 saturated heterocycles. The normalized spacial score (nSPS) is 18.0. The zero-order valence-corrected chi connectivity index (χ0v) is 12.3. The zero-order valence-electron chi connectivity index (χ0n) is 12.3. The Morgan fingerprint density at radius 2 is 2.00 bits per heavy atom. The van der Waals surface area contributed by atoms with E-state index < -0.39 is 0 Å². The summed E-state index contributed by atoms with van der Waals surface area (Å²) in [5.74, 6) is 1.06. The number of hydrogen-bond donors (Lipinski definition) is 1. The maximum Gasteiger partial charge on any atom is 0.203 e. The summed E-state index contributed by atoms with van der Waals surface area (Å²) in [6, 6.07) is 0.648. The molecule has 102 valence electrons. The number of rotatable bonds is 4. The van der Waals surface area contributed by atoms with Gasteiger partial charge in [0.2, 0.25) is 5.95 Å². The predicted octanol–water partition coefficient (Wildman–Crippen LogP) is 4.30. The molecule has 0 amide bonds. The van der Waals surface area contributed by atoms with Crippen LogP contribution in [0, 0.1) is 6.92 Å². The van der Waals surface area contributed by atoms with Crippen molar-refractivity contribution in [3.8, 4) is 0 Å². The van der Waals surface area contributed by atoms with Crippen LogP contribution in [0.5, 0.6) is 0 Å². The third kappa shape index (κ3) is 3.06. The smallest absolute Gasteiger partial charge is 0.203 e. The van der Waals surface area contributed by atoms with Crippen LogP contribution in [0.15, 0.2) is 6.20 Å². The molecule has 1 saturated carbocycles. The number of aryl methyl sites for hydroxylation is 1. The first-order valence-corrected chi connectivity index (χ1v) is 7.35. The molecule has 2 rings (SSSR count). The van der Waals surface area contributed by atoms with E-state index in [4.69, 9.17) is 0 Å². The van der Waals surface area contributed by atoms with Gasteiger partial charge in [0.1, 0.15) is 0 Å². The van der Waals surface area contributed by atoms with E-state index in [1.165, 1.54) is 32.1 Å². The summed E-state index contributed by atoms with van der Waals surface area (Å²) < 4.78 is 2.38. The van der Waals surface area contributed by atoms with Crippen LogP contribution >= 0.6 is 0 Å². The molecule has 0 unspecified atom stereocenters. The second kappa shape index (κ2) is 5.33. The first kappa shape index (κ1) is 13.4. The highest BCUT2D eigenvalue weighted by atomic mass is 15.2. The molecular formula is C15H27N3. The Hall–Kier alpha value is -0.990. The second-order valence-electron chi connectivity index (χ2n) is 6.27. The summed E-state index contributed by atoms with van der Waals surface area (Å²) in [5, 5.41) is 3.61. The van der Waals surface area contributed by atoms with Crippen molar-refractivity contribution in [3.05, 3.63) is 11.9 Å². The van der Waals surface area contributed by atoms with Gasteiger partial charge in [-0.2, -0.15) is 0 Å². The molecule has 18 heavy (non-hydrogen) atoms. The second-order valence-corrected chi connectivity index (χ2v) is 6.27. The van der Waals surface area contributed by atoms with E-state index in [1.807, 2.05) is 0 Å². The standard InChI is InChI=1S/C15H27N3/c1-5-15(3,4)17-14-16-12(2)11-18(14)13-9-7-6-8-10-13/h11,13H,5-10H2,1-4H3,(H,16,17). The van der Waals surface area contributed by atoms with E-state index in [1.54, 1.807) is 0 Å². The molecule has 3 heteroatoms. The molecule has 1 N–H and O–H groups in total. The molecule has 1 aliphatic rings. The van der Waals surface area contributed by atoms with Crippen molar-refractivity contribution >= 4 is 5.95 Å². The molecule has 0 aromatic carbocycles. The minimum atomic E-state index is 0.115. The first-order chi connectivity index (χ1) is 8.52. The zero-order chi connectivity index (χ0) is 13.2. The highest BCUT2D eigenvalue weighted by Crippen LogP contribution is 2.31. The fourth-order valence-corrected chi connectivity index (χ4v) is 2.64. The highest BCUT2D eigenvalue weighted by molar-refractivity contribution is 5.33. The highest BCUT2D eigenvalue weighted by Gasteiger charge is 2.22. The number of imidazole rings is 1. The topological polar surface area (TPSA) is 29.9 Å². The monoisotopic (exact) mass is 249 g/mol. The van der Waals surface area contributed by atoms with E-state index >= 15 is 0 Å². The summed E-state index contributed by atoms with van der Waals surface area (Å²) in [4.78, 5) is 4.67. The van der Waals surface area contributed by atoms with Crippen LogP contribution in [-0.4, -0.2) is 15.1 Å². The quantitative estimate of drug-likeness (QED) is 0.862. The Balaban J connectivity index is 2.19. The fourth-order valence-electron chi connectivity index (χ4n) is 2.64. The molecule has 1 fully saturated rings. The van der Waals surface area contributed by atoms with Crippen LogP contribution in [0.3, 0.4) is 0 Å². The van der Waals surface area contributed by atoms with E-state index in [0.717, 1.165) is 18.1 Å². The summed E-state index contributed by atoms with van der Waals surface area (Å²) >= 11 is 0. The SMILES string of the molecule is CCC(C)(C)Nc1nc(C)cn1C1CCCCC1. The van der Waals surface area contributed by atoms with Crippen molar-refractivity contribution in [2.24, 2.45) is 0 Å². The summed E-state index contributed by atoms with van der Waals surface area (Å²) in [6.07, 6.45) is 10.0. The lowest BCUT2D eigenvalue weighted by molar-refractivity contribution is 0.353. The fraction of sp³-hybridized carbons (Fsp3) is 0.800. The molecule has 0 atom stereocenters. The molecule has 1 aliphatic carbocycles. The maximum atomic E-state index is 4.67. The number of aromatic nitrogens is 2. The molecule has 1 heterocycles. The first-order valence-electron chi connectivity index (χ1n) is 7.35.